The second kappa shape index (κ2) is 8.40. The van der Waals surface area contributed by atoms with Crippen LogP contribution in [0, 0.1) is 0 Å². The first-order chi connectivity index (χ1) is 13.7. The van der Waals surface area contributed by atoms with Crippen LogP contribution in [0.25, 0.3) is 11.3 Å². The molecule has 0 radical (unpaired) electrons. The lowest BCUT2D eigenvalue weighted by Crippen LogP contribution is -2.27. The quantitative estimate of drug-likeness (QED) is 0.648. The molecule has 5 nitrogen and oxygen atoms in total. The summed E-state index contributed by atoms with van der Waals surface area (Å²) in [4.78, 5) is 17.0. The molecule has 0 spiro atoms. The van der Waals surface area contributed by atoms with Gasteiger partial charge < -0.3 is 9.42 Å². The maximum absolute atomic E-state index is 12.8. The Morgan fingerprint density at radius 3 is 2.46 bits per heavy atom. The van der Waals surface area contributed by atoms with E-state index in [9.17, 15) is 4.79 Å². The smallest absolute Gasteiger partial charge is 0.276 e. The van der Waals surface area contributed by atoms with Gasteiger partial charge in [0.25, 0.3) is 5.91 Å². The molecule has 1 fully saturated rings. The molecule has 0 atom stereocenters. The van der Waals surface area contributed by atoms with E-state index >= 15 is 0 Å². The molecule has 1 amide bonds. The van der Waals surface area contributed by atoms with Crippen LogP contribution < -0.4 is 0 Å². The van der Waals surface area contributed by atoms with Gasteiger partial charge >= 0.3 is 0 Å². The van der Waals surface area contributed by atoms with Gasteiger partial charge in [0.05, 0.1) is 0 Å². The summed E-state index contributed by atoms with van der Waals surface area (Å²) in [6.07, 6.45) is 2.55. The van der Waals surface area contributed by atoms with Gasteiger partial charge in [0.2, 0.25) is 0 Å². The molecule has 144 valence electrons. The first-order valence-corrected chi connectivity index (χ1v) is 9.77. The number of hydrogen-bond acceptors (Lipinski definition) is 4. The van der Waals surface area contributed by atoms with Crippen LogP contribution in [-0.2, 0) is 13.1 Å². The summed E-state index contributed by atoms with van der Waals surface area (Å²) in [5.41, 5.74) is 3.71. The summed E-state index contributed by atoms with van der Waals surface area (Å²) >= 11 is 0. The molecule has 28 heavy (non-hydrogen) atoms. The minimum absolute atomic E-state index is 0.137. The van der Waals surface area contributed by atoms with Crippen molar-refractivity contribution >= 4 is 5.91 Å². The van der Waals surface area contributed by atoms with E-state index in [2.05, 4.69) is 28.3 Å². The van der Waals surface area contributed by atoms with Crippen molar-refractivity contribution in [3.05, 3.63) is 77.5 Å². The summed E-state index contributed by atoms with van der Waals surface area (Å²) < 4.78 is 5.38. The van der Waals surface area contributed by atoms with E-state index < -0.39 is 0 Å². The molecular weight excluding hydrogens is 350 g/mol. The average molecular weight is 375 g/mol. The number of hydrogen-bond donors (Lipinski definition) is 0. The van der Waals surface area contributed by atoms with Gasteiger partial charge in [-0.15, -0.1) is 0 Å². The molecule has 4 rings (SSSR count). The number of carbonyl (C=O) groups is 1. The first kappa shape index (κ1) is 18.4. The lowest BCUT2D eigenvalue weighted by Gasteiger charge is -2.21. The SMILES string of the molecule is CN(Cc1ccccc1CN1CCCC1)C(=O)c1cc(-c2ccccc2)on1. The van der Waals surface area contributed by atoms with Crippen LogP contribution in [0.5, 0.6) is 0 Å². The Labute approximate surface area is 165 Å². The maximum atomic E-state index is 12.8. The summed E-state index contributed by atoms with van der Waals surface area (Å²) in [7, 11) is 1.81. The largest absolute Gasteiger partial charge is 0.355 e. The highest BCUT2D eigenvalue weighted by molar-refractivity contribution is 5.92. The predicted octanol–water partition coefficient (Wildman–Crippen LogP) is 4.21. The first-order valence-electron chi connectivity index (χ1n) is 9.77. The van der Waals surface area contributed by atoms with E-state index in [0.29, 0.717) is 18.0 Å². The number of benzene rings is 2. The minimum atomic E-state index is -0.137. The molecule has 2 heterocycles. The van der Waals surface area contributed by atoms with Crippen molar-refractivity contribution in [2.75, 3.05) is 20.1 Å². The third kappa shape index (κ3) is 4.15. The molecule has 0 N–H and O–H groups in total. The van der Waals surface area contributed by atoms with Gasteiger partial charge in [-0.2, -0.15) is 0 Å². The van der Waals surface area contributed by atoms with Gasteiger partial charge in [0.15, 0.2) is 11.5 Å². The van der Waals surface area contributed by atoms with Gasteiger partial charge in [0, 0.05) is 31.8 Å². The second-order valence-corrected chi connectivity index (χ2v) is 7.36. The Kier molecular flexibility index (Phi) is 5.53. The van der Waals surface area contributed by atoms with Crippen molar-refractivity contribution in [1.29, 1.82) is 0 Å². The van der Waals surface area contributed by atoms with Gasteiger partial charge in [-0.05, 0) is 37.1 Å². The molecule has 0 unspecified atom stereocenters. The molecule has 0 bridgehead atoms. The highest BCUT2D eigenvalue weighted by atomic mass is 16.5. The Hall–Kier alpha value is -2.92. The molecule has 5 heteroatoms. The molecule has 0 aliphatic carbocycles. The Morgan fingerprint density at radius 1 is 1.04 bits per heavy atom. The van der Waals surface area contributed by atoms with Crippen molar-refractivity contribution in [2.45, 2.75) is 25.9 Å². The van der Waals surface area contributed by atoms with Crippen LogP contribution in [-0.4, -0.2) is 41.0 Å². The highest BCUT2D eigenvalue weighted by Gasteiger charge is 2.19. The van der Waals surface area contributed by atoms with Crippen LogP contribution in [0.1, 0.15) is 34.5 Å². The fourth-order valence-corrected chi connectivity index (χ4v) is 3.68. The van der Waals surface area contributed by atoms with Crippen molar-refractivity contribution < 1.29 is 9.32 Å². The normalized spacial score (nSPS) is 14.3. The Morgan fingerprint density at radius 2 is 1.71 bits per heavy atom. The number of likely N-dealkylation sites (tertiary alicyclic amines) is 1. The van der Waals surface area contributed by atoms with E-state index in [1.807, 2.05) is 43.4 Å². The zero-order chi connectivity index (χ0) is 19.3. The summed E-state index contributed by atoms with van der Waals surface area (Å²) in [5, 5.41) is 3.99. The number of nitrogens with zero attached hydrogens (tertiary/aromatic N) is 3. The van der Waals surface area contributed by atoms with Crippen LogP contribution in [0.15, 0.2) is 65.2 Å². The van der Waals surface area contributed by atoms with Gasteiger partial charge in [-0.3, -0.25) is 9.69 Å². The molecule has 2 aromatic carbocycles. The van der Waals surface area contributed by atoms with Crippen LogP contribution in [0.3, 0.4) is 0 Å². The van der Waals surface area contributed by atoms with Crippen LogP contribution in [0.2, 0.25) is 0 Å². The van der Waals surface area contributed by atoms with Crippen molar-refractivity contribution in [3.8, 4) is 11.3 Å². The average Bonchev–Trinajstić information content (AvgIpc) is 3.42. The highest BCUT2D eigenvalue weighted by Crippen LogP contribution is 2.21. The van der Waals surface area contributed by atoms with E-state index in [1.54, 1.807) is 11.0 Å². The van der Waals surface area contributed by atoms with Crippen molar-refractivity contribution in [1.82, 2.24) is 15.0 Å². The third-order valence-electron chi connectivity index (χ3n) is 5.25. The number of carbonyl (C=O) groups excluding carboxylic acids is 1. The second-order valence-electron chi connectivity index (χ2n) is 7.36. The zero-order valence-electron chi connectivity index (χ0n) is 16.2. The number of aromatic nitrogens is 1. The van der Waals surface area contributed by atoms with E-state index in [4.69, 9.17) is 4.52 Å². The van der Waals surface area contributed by atoms with E-state index in [0.717, 1.165) is 25.2 Å². The van der Waals surface area contributed by atoms with Gasteiger partial charge in [0.1, 0.15) is 0 Å². The molecule has 1 aromatic heterocycles. The zero-order valence-corrected chi connectivity index (χ0v) is 16.2. The van der Waals surface area contributed by atoms with E-state index in [-0.39, 0.29) is 5.91 Å². The summed E-state index contributed by atoms with van der Waals surface area (Å²) in [6.45, 7) is 3.81. The van der Waals surface area contributed by atoms with Crippen LogP contribution >= 0.6 is 0 Å². The minimum Gasteiger partial charge on any atom is -0.355 e. The van der Waals surface area contributed by atoms with Crippen molar-refractivity contribution in [3.63, 3.8) is 0 Å². The van der Waals surface area contributed by atoms with Gasteiger partial charge in [-0.25, -0.2) is 0 Å². The topological polar surface area (TPSA) is 49.6 Å². The Bertz CT molecular complexity index is 930. The van der Waals surface area contributed by atoms with Crippen LogP contribution in [0.4, 0.5) is 0 Å². The van der Waals surface area contributed by atoms with Gasteiger partial charge in [-0.1, -0.05) is 59.8 Å². The monoisotopic (exact) mass is 375 g/mol. The Balaban J connectivity index is 1.46. The summed E-state index contributed by atoms with van der Waals surface area (Å²) in [5.74, 6) is 0.466. The summed E-state index contributed by atoms with van der Waals surface area (Å²) in [6, 6.07) is 19.8. The molecule has 1 aliphatic rings. The molecule has 1 aliphatic heterocycles. The molecular formula is C23H25N3O2. The standard InChI is InChI=1S/C23H25N3O2/c1-25(16-19-11-5-6-12-20(19)17-26-13-7-8-14-26)23(27)21-15-22(28-24-21)18-9-3-2-4-10-18/h2-6,9-12,15H,7-8,13-14,16-17H2,1H3. The lowest BCUT2D eigenvalue weighted by atomic mass is 10.1. The lowest BCUT2D eigenvalue weighted by molar-refractivity contribution is 0.0774. The molecule has 1 saturated heterocycles. The molecule has 3 aromatic rings. The fraction of sp³-hybridized carbons (Fsp3) is 0.304. The number of amides is 1. The third-order valence-corrected chi connectivity index (χ3v) is 5.25. The maximum Gasteiger partial charge on any atom is 0.276 e. The van der Waals surface area contributed by atoms with E-state index in [1.165, 1.54) is 24.0 Å². The molecule has 0 saturated carbocycles. The fourth-order valence-electron chi connectivity index (χ4n) is 3.68. The predicted molar refractivity (Wildman–Crippen MR) is 109 cm³/mol. The van der Waals surface area contributed by atoms with Crippen molar-refractivity contribution in [2.24, 2.45) is 0 Å². The number of rotatable bonds is 6.